The third-order valence-electron chi connectivity index (χ3n) is 5.68. The van der Waals surface area contributed by atoms with Crippen molar-refractivity contribution in [2.45, 2.75) is 127 Å². The summed E-state index contributed by atoms with van der Waals surface area (Å²) in [7, 11) is -2.21. The maximum absolute atomic E-state index is 2.69. The highest BCUT2D eigenvalue weighted by Gasteiger charge is 2.45. The fraction of sp³-hybridized carbons (Fsp3) is 1.00. The van der Waals surface area contributed by atoms with Crippen LogP contribution in [0.5, 0.6) is 0 Å². The van der Waals surface area contributed by atoms with Gasteiger partial charge in [-0.05, 0) is 20.7 Å². The van der Waals surface area contributed by atoms with Crippen molar-refractivity contribution < 1.29 is 0 Å². The Morgan fingerprint density at radius 2 is 0.607 bits per heavy atom. The predicted molar refractivity (Wildman–Crippen MR) is 154 cm³/mol. The van der Waals surface area contributed by atoms with Crippen molar-refractivity contribution in [2.75, 3.05) is 0 Å². The van der Waals surface area contributed by atoms with Gasteiger partial charge < -0.3 is 0 Å². The highest BCUT2D eigenvalue weighted by Crippen LogP contribution is 2.39. The SMILES string of the molecule is CC(C)[Si]([Si]#[Si][Si](C(C)C)C([Si](C)(C)C)[Si](C)(C)C)C([Si](C)(C)C)[Si](C)(C)C. The van der Waals surface area contributed by atoms with Gasteiger partial charge in [0.05, 0.1) is 16.6 Å². The van der Waals surface area contributed by atoms with Crippen LogP contribution in [0.25, 0.3) is 0 Å². The van der Waals surface area contributed by atoms with E-state index < -0.39 is 32.3 Å². The molecule has 0 aromatic carbocycles. The largest absolute Gasteiger partial charge is 0.0996 e. The molecule has 0 bridgehead atoms. The molecule has 0 N–H and O–H groups in total. The summed E-state index contributed by atoms with van der Waals surface area (Å²) in [6, 6.07) is 0. The molecule has 0 aromatic rings. The van der Waals surface area contributed by atoms with Gasteiger partial charge in [-0.2, -0.15) is 0 Å². The first-order chi connectivity index (χ1) is 12.1. The second-order valence-electron chi connectivity index (χ2n) is 13.8. The summed E-state index contributed by atoms with van der Waals surface area (Å²) in [6.45, 7) is 42.7. The summed E-state index contributed by atoms with van der Waals surface area (Å²) in [5.74, 6) is 0. The number of rotatable bonds is 8. The van der Waals surface area contributed by atoms with Gasteiger partial charge in [0.25, 0.3) is 0 Å². The van der Waals surface area contributed by atoms with Crippen molar-refractivity contribution in [3.05, 3.63) is 0 Å². The molecule has 0 aliphatic heterocycles. The molecule has 0 rings (SSSR count). The summed E-state index contributed by atoms with van der Waals surface area (Å²) in [6.07, 6.45) is 0. The quantitative estimate of drug-likeness (QED) is 0.295. The summed E-state index contributed by atoms with van der Waals surface area (Å²) in [5.41, 5.74) is 1.93. The van der Waals surface area contributed by atoms with Crippen molar-refractivity contribution in [2.24, 2.45) is 0 Å². The molecule has 164 valence electrons. The first-order valence-corrected chi connectivity index (χ1v) is 34.0. The van der Waals surface area contributed by atoms with E-state index in [2.05, 4.69) is 106 Å². The fourth-order valence-electron chi connectivity index (χ4n) is 5.71. The minimum absolute atomic E-state index is 0.246. The molecular weight excluding hydrogens is 465 g/mol. The zero-order valence-electron chi connectivity index (χ0n) is 22.3. The van der Waals surface area contributed by atoms with Crippen LogP contribution in [0.15, 0.2) is 0 Å². The second-order valence-corrected chi connectivity index (χ2v) is 53.8. The zero-order chi connectivity index (χ0) is 22.9. The van der Waals surface area contributed by atoms with E-state index in [4.69, 9.17) is 0 Å². The van der Waals surface area contributed by atoms with E-state index in [1.807, 2.05) is 0 Å². The highest BCUT2D eigenvalue weighted by atomic mass is 29.5. The van der Waals surface area contributed by atoms with E-state index in [0.29, 0.717) is 0 Å². The molecule has 28 heavy (non-hydrogen) atoms. The maximum Gasteiger partial charge on any atom is 0.0996 e. The molecule has 0 atom stereocenters. The molecule has 0 aliphatic carbocycles. The molecule has 0 heterocycles. The molecule has 0 spiro atoms. The molecule has 2 radical (unpaired) electrons. The Hall–Kier alpha value is 1.74. The molecule has 0 amide bonds. The Balaban J connectivity index is 6.40. The first-order valence-electron chi connectivity index (χ1n) is 11.4. The zero-order valence-corrected chi connectivity index (χ0v) is 30.3. The molecule has 0 saturated carbocycles. The second kappa shape index (κ2) is 10.6. The average Bonchev–Trinajstić information content (AvgIpc) is 2.34. The van der Waals surface area contributed by atoms with Crippen LogP contribution in [0.1, 0.15) is 27.7 Å². The van der Waals surface area contributed by atoms with Crippen LogP contribution in [-0.4, -0.2) is 64.8 Å². The fourth-order valence-corrected chi connectivity index (χ4v) is 92.9. The Bertz CT molecular complexity index is 470. The number of hydrogen-bond acceptors (Lipinski definition) is 0. The summed E-state index contributed by atoms with van der Waals surface area (Å²) in [5, 5.41) is 0. The lowest BCUT2D eigenvalue weighted by Gasteiger charge is -2.44. The van der Waals surface area contributed by atoms with E-state index >= 15 is 0 Å². The highest BCUT2D eigenvalue weighted by molar-refractivity contribution is 7.36. The first kappa shape index (κ1) is 29.7. The maximum atomic E-state index is 2.69. The van der Waals surface area contributed by atoms with Gasteiger partial charge in [-0.1, -0.05) is 122 Å². The molecule has 0 nitrogen and oxygen atoms in total. The van der Waals surface area contributed by atoms with Gasteiger partial charge in [0.1, 0.15) is 0 Å². The van der Waals surface area contributed by atoms with Gasteiger partial charge in [-0.25, -0.2) is 0 Å². The van der Waals surface area contributed by atoms with Gasteiger partial charge in [-0.3, -0.25) is 0 Å². The Labute approximate surface area is 190 Å². The topological polar surface area (TPSA) is 0 Å². The number of hydrogen-bond donors (Lipinski definition) is 0. The summed E-state index contributed by atoms with van der Waals surface area (Å²) >= 11 is 0. The van der Waals surface area contributed by atoms with Crippen LogP contribution in [-0.2, 0) is 0 Å². The molecule has 0 aliphatic rings. The monoisotopic (exact) mass is 516 g/mol. The van der Waals surface area contributed by atoms with Crippen molar-refractivity contribution in [1.82, 2.24) is 0 Å². The van der Waals surface area contributed by atoms with Gasteiger partial charge in [0, 0.05) is 32.3 Å². The molecule has 8 heteroatoms. The van der Waals surface area contributed by atoms with Crippen LogP contribution in [0.4, 0.5) is 0 Å². The van der Waals surface area contributed by atoms with E-state index in [1.54, 1.807) is 0 Å². The summed E-state index contributed by atoms with van der Waals surface area (Å²) in [4.78, 5) is 2.34. The lowest BCUT2D eigenvalue weighted by Crippen LogP contribution is -2.56. The molecule has 0 unspecified atom stereocenters. The van der Waals surface area contributed by atoms with Gasteiger partial charge in [-0.15, -0.1) is 0 Å². The Morgan fingerprint density at radius 3 is 0.714 bits per heavy atom. The van der Waals surface area contributed by atoms with Gasteiger partial charge in [0.2, 0.25) is 0 Å². The minimum atomic E-state index is -1.10. The normalized spacial score (nSPS) is 14.6. The predicted octanol–water partition coefficient (Wildman–Crippen LogP) is 7.36. The van der Waals surface area contributed by atoms with E-state index in [0.717, 1.165) is 11.1 Å². The van der Waals surface area contributed by atoms with E-state index in [-0.39, 0.29) is 16.6 Å². The molecule has 0 aromatic heterocycles. The van der Waals surface area contributed by atoms with Crippen molar-refractivity contribution in [1.29, 1.82) is 0 Å². The van der Waals surface area contributed by atoms with Crippen LogP contribution in [0.2, 0.25) is 99.2 Å². The Kier molecular flexibility index (Phi) is 11.2. The van der Waals surface area contributed by atoms with Crippen molar-refractivity contribution in [3.63, 3.8) is 0 Å². The van der Waals surface area contributed by atoms with Crippen LogP contribution in [0.3, 0.4) is 0 Å². The molecular formula is C20H52Si8. The van der Waals surface area contributed by atoms with Crippen LogP contribution >= 0.6 is 0 Å². The van der Waals surface area contributed by atoms with Crippen LogP contribution in [0, 0.1) is 0 Å². The lowest BCUT2D eigenvalue weighted by molar-refractivity contribution is 1.04. The lowest BCUT2D eigenvalue weighted by atomic mass is 10.6. The Morgan fingerprint density at radius 1 is 0.429 bits per heavy atom. The van der Waals surface area contributed by atoms with Crippen molar-refractivity contribution >= 4 is 64.8 Å². The average molecular weight is 517 g/mol. The van der Waals surface area contributed by atoms with Crippen molar-refractivity contribution in [3.8, 4) is 0 Å². The van der Waals surface area contributed by atoms with Gasteiger partial charge >= 0.3 is 0 Å². The van der Waals surface area contributed by atoms with Gasteiger partial charge in [0.15, 0.2) is 0 Å². The smallest absolute Gasteiger partial charge is 0.0813 e. The van der Waals surface area contributed by atoms with Crippen LogP contribution < -0.4 is 0 Å². The standard InChI is InChI=1S/C20H52Si8/c1-17(2)23(19(25(5,6)7)26(8,9)10)21-22-24(18(3)4)20(27(11,12)13)28(14,15)16/h17-20H,1-16H3. The minimum Gasteiger partial charge on any atom is -0.0813 e. The molecule has 0 fully saturated rings. The van der Waals surface area contributed by atoms with E-state index in [1.165, 1.54) is 25.4 Å². The molecule has 0 saturated heterocycles. The van der Waals surface area contributed by atoms with E-state index in [9.17, 15) is 0 Å². The third-order valence-corrected chi connectivity index (χ3v) is 62.0. The third kappa shape index (κ3) is 9.08. The summed E-state index contributed by atoms with van der Waals surface area (Å²) < 4.78 is 0.